The Morgan fingerprint density at radius 2 is 1.88 bits per heavy atom. The van der Waals surface area contributed by atoms with Gasteiger partial charge in [0, 0.05) is 26.2 Å². The van der Waals surface area contributed by atoms with Crippen LogP contribution in [-0.2, 0) is 14.3 Å². The molecule has 2 heterocycles. The number of methoxy groups -OCH3 is 1. The first-order chi connectivity index (χ1) is 8.26. The maximum Gasteiger partial charge on any atom is 0.326 e. The third-order valence-electron chi connectivity index (χ3n) is 4.35. The molecule has 0 amide bonds. The first kappa shape index (κ1) is 11.4. The zero-order chi connectivity index (χ0) is 11.9. The Bertz CT molecular complexity index is 305. The maximum atomic E-state index is 11.8. The Balaban J connectivity index is 1.56. The van der Waals surface area contributed by atoms with Gasteiger partial charge in [0.1, 0.15) is 5.54 Å². The van der Waals surface area contributed by atoms with Gasteiger partial charge in [0.2, 0.25) is 0 Å². The second-order valence-electron chi connectivity index (χ2n) is 5.24. The Kier molecular flexibility index (Phi) is 2.84. The van der Waals surface area contributed by atoms with E-state index in [9.17, 15) is 4.79 Å². The summed E-state index contributed by atoms with van der Waals surface area (Å²) in [5.74, 6) is -0.0436. The highest BCUT2D eigenvalue weighted by molar-refractivity contribution is 5.84. The van der Waals surface area contributed by atoms with Gasteiger partial charge in [-0.15, -0.1) is 0 Å². The quantitative estimate of drug-likeness (QED) is 0.634. The summed E-state index contributed by atoms with van der Waals surface area (Å²) in [4.78, 5) is 16.6. The number of rotatable bonds is 3. The lowest BCUT2D eigenvalue weighted by Crippen LogP contribution is -2.59. The molecule has 96 valence electrons. The highest BCUT2D eigenvalue weighted by Gasteiger charge is 2.56. The molecular formula is C12H20N2O3. The van der Waals surface area contributed by atoms with E-state index >= 15 is 0 Å². The minimum atomic E-state index is -0.267. The molecule has 0 bridgehead atoms. The molecule has 0 radical (unpaired) electrons. The third-order valence-corrected chi connectivity index (χ3v) is 4.35. The number of hydrogen-bond donors (Lipinski definition) is 0. The predicted octanol–water partition coefficient (Wildman–Crippen LogP) is -0.292. The molecule has 1 aliphatic carbocycles. The molecule has 1 saturated carbocycles. The fourth-order valence-electron chi connectivity index (χ4n) is 2.91. The monoisotopic (exact) mass is 240 g/mol. The molecule has 3 aliphatic rings. The van der Waals surface area contributed by atoms with Crippen LogP contribution in [0, 0.1) is 0 Å². The van der Waals surface area contributed by atoms with E-state index in [-0.39, 0.29) is 11.5 Å². The summed E-state index contributed by atoms with van der Waals surface area (Å²) in [5, 5.41) is 0. The van der Waals surface area contributed by atoms with E-state index in [1.807, 2.05) is 0 Å². The van der Waals surface area contributed by atoms with E-state index in [4.69, 9.17) is 9.47 Å². The van der Waals surface area contributed by atoms with Gasteiger partial charge in [-0.05, 0) is 12.8 Å². The van der Waals surface area contributed by atoms with Crippen molar-refractivity contribution in [3.63, 3.8) is 0 Å². The van der Waals surface area contributed by atoms with E-state index in [0.717, 1.165) is 52.2 Å². The molecule has 5 nitrogen and oxygen atoms in total. The summed E-state index contributed by atoms with van der Waals surface area (Å²) in [7, 11) is 1.49. The Hall–Kier alpha value is -0.650. The number of carbonyl (C=O) groups excluding carboxylic acids is 1. The van der Waals surface area contributed by atoms with Crippen molar-refractivity contribution >= 4 is 5.97 Å². The fraction of sp³-hybridized carbons (Fsp3) is 0.917. The van der Waals surface area contributed by atoms with Crippen LogP contribution >= 0.6 is 0 Å². The van der Waals surface area contributed by atoms with Crippen molar-refractivity contribution in [3.8, 4) is 0 Å². The number of ether oxygens (including phenoxy) is 2. The molecule has 0 unspecified atom stereocenters. The SMILES string of the molecule is COC(=O)C1(N2CCN(C3COC3)CC2)CC1. The van der Waals surface area contributed by atoms with Crippen molar-refractivity contribution in [1.82, 2.24) is 9.80 Å². The maximum absolute atomic E-state index is 11.8. The molecule has 17 heavy (non-hydrogen) atoms. The average molecular weight is 240 g/mol. The first-order valence-electron chi connectivity index (χ1n) is 6.41. The minimum absolute atomic E-state index is 0.0436. The van der Waals surface area contributed by atoms with Gasteiger partial charge in [-0.25, -0.2) is 0 Å². The third kappa shape index (κ3) is 1.86. The summed E-state index contributed by atoms with van der Waals surface area (Å²) in [6.45, 7) is 5.81. The van der Waals surface area contributed by atoms with E-state index in [2.05, 4.69) is 9.80 Å². The molecule has 2 saturated heterocycles. The van der Waals surface area contributed by atoms with Crippen LogP contribution in [-0.4, -0.2) is 73.9 Å². The Morgan fingerprint density at radius 1 is 1.24 bits per heavy atom. The standard InChI is InChI=1S/C12H20N2O3/c1-16-11(15)12(2-3-12)14-6-4-13(5-7-14)10-8-17-9-10/h10H,2-9H2,1H3. The minimum Gasteiger partial charge on any atom is -0.468 e. The van der Waals surface area contributed by atoms with Crippen LogP contribution in [0.25, 0.3) is 0 Å². The first-order valence-corrected chi connectivity index (χ1v) is 6.41. The lowest BCUT2D eigenvalue weighted by atomic mass is 10.1. The summed E-state index contributed by atoms with van der Waals surface area (Å²) < 4.78 is 10.1. The second kappa shape index (κ2) is 4.23. The van der Waals surface area contributed by atoms with Gasteiger partial charge in [-0.2, -0.15) is 0 Å². The van der Waals surface area contributed by atoms with Gasteiger partial charge in [-0.1, -0.05) is 0 Å². The van der Waals surface area contributed by atoms with Gasteiger partial charge < -0.3 is 9.47 Å². The highest BCUT2D eigenvalue weighted by atomic mass is 16.5. The molecule has 5 heteroatoms. The number of hydrogen-bond acceptors (Lipinski definition) is 5. The molecule has 0 N–H and O–H groups in total. The largest absolute Gasteiger partial charge is 0.468 e. The predicted molar refractivity (Wildman–Crippen MR) is 61.7 cm³/mol. The molecule has 0 atom stereocenters. The van der Waals surface area contributed by atoms with Crippen LogP contribution in [0.15, 0.2) is 0 Å². The number of carbonyl (C=O) groups is 1. The second-order valence-corrected chi connectivity index (χ2v) is 5.24. The summed E-state index contributed by atoms with van der Waals surface area (Å²) in [6.07, 6.45) is 1.93. The van der Waals surface area contributed by atoms with Crippen molar-refractivity contribution in [2.45, 2.75) is 24.4 Å². The van der Waals surface area contributed by atoms with Crippen LogP contribution in [0.4, 0.5) is 0 Å². The van der Waals surface area contributed by atoms with Gasteiger partial charge in [0.05, 0.1) is 26.4 Å². The average Bonchev–Trinajstić information content (AvgIpc) is 3.08. The summed E-state index contributed by atoms with van der Waals surface area (Å²) >= 11 is 0. The number of esters is 1. The van der Waals surface area contributed by atoms with Crippen LogP contribution in [0.5, 0.6) is 0 Å². The summed E-state index contributed by atoms with van der Waals surface area (Å²) in [6, 6.07) is 0.616. The Labute approximate surface area is 102 Å². The lowest BCUT2D eigenvalue weighted by molar-refractivity contribution is -0.151. The van der Waals surface area contributed by atoms with Crippen molar-refractivity contribution in [3.05, 3.63) is 0 Å². The van der Waals surface area contributed by atoms with Gasteiger partial charge >= 0.3 is 5.97 Å². The van der Waals surface area contributed by atoms with E-state index in [1.54, 1.807) is 0 Å². The molecule has 3 rings (SSSR count). The van der Waals surface area contributed by atoms with Crippen molar-refractivity contribution < 1.29 is 14.3 Å². The molecule has 2 aliphatic heterocycles. The smallest absolute Gasteiger partial charge is 0.326 e. The van der Waals surface area contributed by atoms with E-state index in [0.29, 0.717) is 6.04 Å². The van der Waals surface area contributed by atoms with Gasteiger partial charge in [-0.3, -0.25) is 14.6 Å². The van der Waals surface area contributed by atoms with Gasteiger partial charge in [0.15, 0.2) is 0 Å². The van der Waals surface area contributed by atoms with Crippen molar-refractivity contribution in [1.29, 1.82) is 0 Å². The van der Waals surface area contributed by atoms with Crippen molar-refractivity contribution in [2.75, 3.05) is 46.5 Å². The van der Waals surface area contributed by atoms with Crippen molar-refractivity contribution in [2.24, 2.45) is 0 Å². The molecular weight excluding hydrogens is 220 g/mol. The van der Waals surface area contributed by atoms with Gasteiger partial charge in [0.25, 0.3) is 0 Å². The number of nitrogens with zero attached hydrogens (tertiary/aromatic N) is 2. The van der Waals surface area contributed by atoms with Crippen LogP contribution in [0.1, 0.15) is 12.8 Å². The molecule has 3 fully saturated rings. The molecule has 0 aromatic carbocycles. The van der Waals surface area contributed by atoms with E-state index in [1.165, 1.54) is 7.11 Å². The zero-order valence-electron chi connectivity index (χ0n) is 10.4. The van der Waals surface area contributed by atoms with Crippen LogP contribution in [0.2, 0.25) is 0 Å². The lowest BCUT2D eigenvalue weighted by Gasteiger charge is -2.44. The fourth-order valence-corrected chi connectivity index (χ4v) is 2.91. The molecule has 0 aromatic heterocycles. The topological polar surface area (TPSA) is 42.0 Å². The highest BCUT2D eigenvalue weighted by Crippen LogP contribution is 2.43. The molecule has 0 spiro atoms. The zero-order valence-corrected chi connectivity index (χ0v) is 10.4. The normalized spacial score (nSPS) is 29.7. The Morgan fingerprint density at radius 3 is 2.29 bits per heavy atom. The van der Waals surface area contributed by atoms with E-state index < -0.39 is 0 Å². The number of piperazine rings is 1. The summed E-state index contributed by atoms with van der Waals surface area (Å²) in [5.41, 5.74) is -0.267. The van der Waals surface area contributed by atoms with Crippen LogP contribution in [0.3, 0.4) is 0 Å². The molecule has 0 aromatic rings. The van der Waals surface area contributed by atoms with Crippen LogP contribution < -0.4 is 0 Å².